The Bertz CT molecular complexity index is 796. The van der Waals surface area contributed by atoms with Crippen molar-refractivity contribution in [2.45, 2.75) is 12.2 Å². The van der Waals surface area contributed by atoms with Crippen LogP contribution in [0.5, 0.6) is 5.75 Å². The number of rotatable bonds is 6. The lowest BCUT2D eigenvalue weighted by molar-refractivity contribution is -0.0460. The Labute approximate surface area is 184 Å². The van der Waals surface area contributed by atoms with Crippen LogP contribution in [0.15, 0.2) is 36.4 Å². The van der Waals surface area contributed by atoms with Crippen LogP contribution in [0.2, 0.25) is 15.1 Å². The quantitative estimate of drug-likeness (QED) is 0.601. The predicted molar refractivity (Wildman–Crippen MR) is 112 cm³/mol. The number of hydrogen-bond donors (Lipinski definition) is 1. The highest BCUT2D eigenvalue weighted by atomic mass is 35.5. The molecule has 154 valence electrons. The molecule has 4 nitrogen and oxygen atoms in total. The van der Waals surface area contributed by atoms with Gasteiger partial charge in [0.2, 0.25) is 0 Å². The van der Waals surface area contributed by atoms with Crippen LogP contribution in [-0.4, -0.2) is 49.0 Å². The smallest absolute Gasteiger partial charge is 0.142 e. The molecule has 1 N–H and O–H groups in total. The Kier molecular flexibility index (Phi) is 9.09. The minimum absolute atomic E-state index is 0. The summed E-state index contributed by atoms with van der Waals surface area (Å²) in [5, 5.41) is 11.1. The van der Waals surface area contributed by atoms with Crippen molar-refractivity contribution in [3.05, 3.63) is 62.8 Å². The third-order valence-corrected chi connectivity index (χ3v) is 5.20. The average molecular weight is 471 g/mol. The van der Waals surface area contributed by atoms with Crippen LogP contribution in [0, 0.1) is 5.82 Å². The fourth-order valence-corrected chi connectivity index (χ4v) is 3.63. The lowest BCUT2D eigenvalue weighted by Gasteiger charge is -2.34. The minimum atomic E-state index is -0.711. The fourth-order valence-electron chi connectivity index (χ4n) is 2.94. The number of β-amino-alcohol motifs (C(OH)–C–C–N with tert-alkyl or cyclic N) is 1. The Morgan fingerprint density at radius 3 is 2.68 bits per heavy atom. The van der Waals surface area contributed by atoms with Gasteiger partial charge in [0.05, 0.1) is 22.8 Å². The Morgan fingerprint density at radius 1 is 1.18 bits per heavy atom. The standard InChI is InChI=1S/C19H19Cl3FNO3.ClH/c20-14-3-1-2-4-18(14)27-11-12(25)9-24-5-6-26-19(10-24)13-7-17(23)16(22)8-15(13)21;/h1-4,7-8,12,19,25H,5-6,9-11H2;1H. The second kappa shape index (κ2) is 10.8. The minimum Gasteiger partial charge on any atom is -0.489 e. The maximum Gasteiger partial charge on any atom is 0.142 e. The van der Waals surface area contributed by atoms with Gasteiger partial charge in [0.25, 0.3) is 0 Å². The topological polar surface area (TPSA) is 41.9 Å². The van der Waals surface area contributed by atoms with E-state index in [2.05, 4.69) is 0 Å². The molecule has 2 aromatic rings. The molecule has 1 fully saturated rings. The van der Waals surface area contributed by atoms with Crippen molar-refractivity contribution in [3.63, 3.8) is 0 Å². The van der Waals surface area contributed by atoms with Crippen molar-refractivity contribution in [2.75, 3.05) is 32.8 Å². The lowest BCUT2D eigenvalue weighted by atomic mass is 10.1. The molecule has 1 aliphatic heterocycles. The Morgan fingerprint density at radius 2 is 1.93 bits per heavy atom. The van der Waals surface area contributed by atoms with Crippen LogP contribution in [0.25, 0.3) is 0 Å². The highest BCUT2D eigenvalue weighted by molar-refractivity contribution is 6.35. The van der Waals surface area contributed by atoms with Gasteiger partial charge in [0.1, 0.15) is 24.3 Å². The largest absolute Gasteiger partial charge is 0.489 e. The van der Waals surface area contributed by atoms with Crippen molar-refractivity contribution in [1.82, 2.24) is 4.90 Å². The van der Waals surface area contributed by atoms with E-state index in [9.17, 15) is 9.50 Å². The molecule has 2 aromatic carbocycles. The molecule has 0 bridgehead atoms. The number of ether oxygens (including phenoxy) is 2. The average Bonchev–Trinajstić information content (AvgIpc) is 2.64. The van der Waals surface area contributed by atoms with Gasteiger partial charge in [-0.05, 0) is 24.3 Å². The number of benzene rings is 2. The molecule has 9 heteroatoms. The number of morpholine rings is 1. The van der Waals surface area contributed by atoms with Gasteiger partial charge >= 0.3 is 0 Å². The zero-order valence-electron chi connectivity index (χ0n) is 14.8. The van der Waals surface area contributed by atoms with E-state index in [4.69, 9.17) is 44.3 Å². The highest BCUT2D eigenvalue weighted by Crippen LogP contribution is 2.32. The summed E-state index contributed by atoms with van der Waals surface area (Å²) in [5.41, 5.74) is 0.546. The molecule has 0 radical (unpaired) electrons. The third kappa shape index (κ3) is 6.10. The summed E-state index contributed by atoms with van der Waals surface area (Å²) in [5.74, 6) is -0.00791. The first-order chi connectivity index (χ1) is 12.9. The van der Waals surface area contributed by atoms with Crippen molar-refractivity contribution in [2.24, 2.45) is 0 Å². The summed E-state index contributed by atoms with van der Waals surface area (Å²) < 4.78 is 25.1. The van der Waals surface area contributed by atoms with Crippen LogP contribution < -0.4 is 4.74 Å². The SMILES string of the molecule is Cl.OC(COc1ccccc1Cl)CN1CCOC(c2cc(F)c(Cl)cc2Cl)C1. The van der Waals surface area contributed by atoms with Crippen LogP contribution in [0.1, 0.15) is 11.7 Å². The predicted octanol–water partition coefficient (Wildman–Crippen LogP) is 5.02. The number of halogens is 5. The van der Waals surface area contributed by atoms with Gasteiger partial charge in [-0.1, -0.05) is 46.9 Å². The molecular weight excluding hydrogens is 451 g/mol. The first-order valence-corrected chi connectivity index (χ1v) is 9.61. The van der Waals surface area contributed by atoms with Crippen LogP contribution in [0.4, 0.5) is 4.39 Å². The molecule has 0 spiro atoms. The van der Waals surface area contributed by atoms with Crippen molar-refractivity contribution < 1.29 is 19.0 Å². The zero-order valence-corrected chi connectivity index (χ0v) is 17.9. The summed E-state index contributed by atoms with van der Waals surface area (Å²) in [7, 11) is 0. The second-order valence-corrected chi connectivity index (χ2v) is 7.52. The molecule has 3 rings (SSSR count). The van der Waals surface area contributed by atoms with E-state index < -0.39 is 18.0 Å². The molecule has 0 amide bonds. The van der Waals surface area contributed by atoms with E-state index in [0.717, 1.165) is 0 Å². The maximum atomic E-state index is 13.8. The summed E-state index contributed by atoms with van der Waals surface area (Å²) in [6.45, 7) is 2.07. The zero-order chi connectivity index (χ0) is 19.4. The van der Waals surface area contributed by atoms with Gasteiger partial charge in [0.15, 0.2) is 0 Å². The van der Waals surface area contributed by atoms with Gasteiger partial charge in [-0.15, -0.1) is 12.4 Å². The molecule has 0 saturated carbocycles. The highest BCUT2D eigenvalue weighted by Gasteiger charge is 2.26. The molecule has 2 atom stereocenters. The molecule has 1 aliphatic rings. The lowest BCUT2D eigenvalue weighted by Crippen LogP contribution is -2.43. The fraction of sp³-hybridized carbons (Fsp3) is 0.368. The van der Waals surface area contributed by atoms with Crippen molar-refractivity contribution in [3.8, 4) is 5.75 Å². The van der Waals surface area contributed by atoms with E-state index in [-0.39, 0.29) is 24.0 Å². The molecule has 28 heavy (non-hydrogen) atoms. The van der Waals surface area contributed by atoms with E-state index >= 15 is 0 Å². The number of aliphatic hydroxyl groups is 1. The summed E-state index contributed by atoms with van der Waals surface area (Å²) in [6.07, 6.45) is -1.10. The van der Waals surface area contributed by atoms with Crippen molar-refractivity contribution >= 4 is 47.2 Å². The first kappa shape index (κ1) is 23.5. The Hall–Kier alpha value is -0.790. The number of nitrogens with zero attached hydrogens (tertiary/aromatic N) is 1. The Balaban J connectivity index is 0.00000280. The third-order valence-electron chi connectivity index (χ3n) is 4.27. The molecule has 1 heterocycles. The molecule has 0 aliphatic carbocycles. The van der Waals surface area contributed by atoms with Crippen LogP contribution in [-0.2, 0) is 4.74 Å². The first-order valence-electron chi connectivity index (χ1n) is 8.48. The van der Waals surface area contributed by atoms with Gasteiger partial charge in [-0.25, -0.2) is 4.39 Å². The van der Waals surface area contributed by atoms with Crippen molar-refractivity contribution in [1.29, 1.82) is 0 Å². The van der Waals surface area contributed by atoms with E-state index in [1.807, 2.05) is 17.0 Å². The van der Waals surface area contributed by atoms with Crippen LogP contribution >= 0.6 is 47.2 Å². The summed E-state index contributed by atoms with van der Waals surface area (Å²) in [4.78, 5) is 2.03. The van der Waals surface area contributed by atoms with Crippen LogP contribution in [0.3, 0.4) is 0 Å². The number of para-hydroxylation sites is 1. The van der Waals surface area contributed by atoms with E-state index in [0.29, 0.717) is 47.6 Å². The molecular formula is C19H20Cl4FNO3. The number of aliphatic hydroxyl groups excluding tert-OH is 1. The summed E-state index contributed by atoms with van der Waals surface area (Å²) in [6, 6.07) is 9.78. The van der Waals surface area contributed by atoms with Gasteiger partial charge in [0, 0.05) is 30.2 Å². The van der Waals surface area contributed by atoms with Gasteiger partial charge in [-0.3, -0.25) is 4.90 Å². The van der Waals surface area contributed by atoms with E-state index in [1.54, 1.807) is 12.1 Å². The summed E-state index contributed by atoms with van der Waals surface area (Å²) >= 11 is 18.0. The molecule has 2 unspecified atom stereocenters. The van der Waals surface area contributed by atoms with E-state index in [1.165, 1.54) is 12.1 Å². The maximum absolute atomic E-state index is 13.8. The molecule has 0 aromatic heterocycles. The van der Waals surface area contributed by atoms with Gasteiger partial charge < -0.3 is 14.6 Å². The normalized spacial score (nSPS) is 18.4. The molecule has 1 saturated heterocycles. The monoisotopic (exact) mass is 469 g/mol. The second-order valence-electron chi connectivity index (χ2n) is 6.30. The number of hydrogen-bond acceptors (Lipinski definition) is 4. The van der Waals surface area contributed by atoms with Gasteiger partial charge in [-0.2, -0.15) is 0 Å².